The van der Waals surface area contributed by atoms with Crippen molar-refractivity contribution in [2.75, 3.05) is 11.5 Å². The molecule has 0 saturated carbocycles. The number of anilines is 2. The SMILES string of the molecule is Nc1nc(N)c2nc(-c3ncc[nH]3)c(=O)[nH]c2n1. The number of nitrogens with zero attached hydrogens (tertiary/aromatic N) is 4. The second-order valence-electron chi connectivity index (χ2n) is 3.52. The summed E-state index contributed by atoms with van der Waals surface area (Å²) in [4.78, 5) is 32.9. The van der Waals surface area contributed by atoms with Crippen LogP contribution in [0.2, 0.25) is 0 Å². The zero-order valence-corrected chi connectivity index (χ0v) is 9.01. The lowest BCUT2D eigenvalue weighted by molar-refractivity contribution is 1.12. The molecule has 0 fully saturated rings. The molecule has 9 heteroatoms. The highest BCUT2D eigenvalue weighted by Crippen LogP contribution is 2.15. The normalized spacial score (nSPS) is 10.9. The summed E-state index contributed by atoms with van der Waals surface area (Å²) in [5.41, 5.74) is 11.3. The zero-order chi connectivity index (χ0) is 12.7. The van der Waals surface area contributed by atoms with Crippen molar-refractivity contribution in [1.82, 2.24) is 29.9 Å². The molecule has 0 spiro atoms. The van der Waals surface area contributed by atoms with Crippen molar-refractivity contribution in [3.63, 3.8) is 0 Å². The van der Waals surface area contributed by atoms with Crippen LogP contribution in [0, 0.1) is 0 Å². The Morgan fingerprint density at radius 2 is 2.00 bits per heavy atom. The van der Waals surface area contributed by atoms with Gasteiger partial charge in [0.15, 0.2) is 23.0 Å². The van der Waals surface area contributed by atoms with Crippen molar-refractivity contribution in [2.24, 2.45) is 0 Å². The Morgan fingerprint density at radius 3 is 2.72 bits per heavy atom. The lowest BCUT2D eigenvalue weighted by atomic mass is 10.4. The van der Waals surface area contributed by atoms with Crippen LogP contribution in [0.3, 0.4) is 0 Å². The molecular formula is C9H8N8O. The molecule has 90 valence electrons. The van der Waals surface area contributed by atoms with Crippen LogP contribution < -0.4 is 17.0 Å². The smallest absolute Gasteiger partial charge is 0.279 e. The molecule has 0 aliphatic heterocycles. The monoisotopic (exact) mass is 244 g/mol. The van der Waals surface area contributed by atoms with E-state index in [1.54, 1.807) is 6.20 Å². The first-order chi connectivity index (χ1) is 8.65. The molecule has 0 atom stereocenters. The number of nitrogens with one attached hydrogen (secondary N) is 2. The van der Waals surface area contributed by atoms with Gasteiger partial charge in [0.05, 0.1) is 0 Å². The molecule has 3 rings (SSSR count). The van der Waals surface area contributed by atoms with E-state index in [2.05, 4.69) is 29.9 Å². The van der Waals surface area contributed by atoms with Gasteiger partial charge >= 0.3 is 0 Å². The van der Waals surface area contributed by atoms with E-state index in [9.17, 15) is 4.79 Å². The predicted molar refractivity (Wildman–Crippen MR) is 64.4 cm³/mol. The van der Waals surface area contributed by atoms with Crippen LogP contribution in [0.25, 0.3) is 22.7 Å². The van der Waals surface area contributed by atoms with E-state index in [4.69, 9.17) is 11.5 Å². The maximum atomic E-state index is 11.8. The number of aromatic amines is 2. The quantitative estimate of drug-likeness (QED) is 0.440. The number of fused-ring (bicyclic) bond motifs is 1. The first-order valence-electron chi connectivity index (χ1n) is 4.98. The Labute approximate surface area is 99.3 Å². The Kier molecular flexibility index (Phi) is 1.99. The fourth-order valence-electron chi connectivity index (χ4n) is 1.57. The van der Waals surface area contributed by atoms with Gasteiger partial charge < -0.3 is 21.4 Å². The van der Waals surface area contributed by atoms with Gasteiger partial charge in [-0.05, 0) is 0 Å². The Bertz CT molecular complexity index is 775. The molecule has 3 aromatic heterocycles. The third-order valence-corrected chi connectivity index (χ3v) is 2.32. The van der Waals surface area contributed by atoms with Gasteiger partial charge in [0.1, 0.15) is 5.52 Å². The number of rotatable bonds is 1. The summed E-state index contributed by atoms with van der Waals surface area (Å²) >= 11 is 0. The van der Waals surface area contributed by atoms with Crippen LogP contribution in [0.15, 0.2) is 17.2 Å². The number of aromatic nitrogens is 6. The van der Waals surface area contributed by atoms with E-state index in [0.29, 0.717) is 5.82 Å². The lowest BCUT2D eigenvalue weighted by Crippen LogP contribution is -2.15. The molecule has 9 nitrogen and oxygen atoms in total. The predicted octanol–water partition coefficient (Wildman–Crippen LogP) is -0.732. The van der Waals surface area contributed by atoms with Crippen molar-refractivity contribution in [3.8, 4) is 11.5 Å². The molecule has 3 aromatic rings. The maximum absolute atomic E-state index is 11.8. The fraction of sp³-hybridized carbons (Fsp3) is 0. The summed E-state index contributed by atoms with van der Waals surface area (Å²) in [6, 6.07) is 0. The highest BCUT2D eigenvalue weighted by molar-refractivity contribution is 5.83. The summed E-state index contributed by atoms with van der Waals surface area (Å²) in [5.74, 6) is 0.416. The van der Waals surface area contributed by atoms with Crippen LogP contribution in [0.5, 0.6) is 0 Å². The van der Waals surface area contributed by atoms with Gasteiger partial charge in [0.25, 0.3) is 5.56 Å². The average Bonchev–Trinajstić information content (AvgIpc) is 2.81. The zero-order valence-electron chi connectivity index (χ0n) is 9.01. The van der Waals surface area contributed by atoms with Gasteiger partial charge in [0, 0.05) is 12.4 Å². The Hall–Kier alpha value is -2.97. The van der Waals surface area contributed by atoms with Crippen molar-refractivity contribution in [3.05, 3.63) is 22.7 Å². The summed E-state index contributed by atoms with van der Waals surface area (Å²) in [6.45, 7) is 0. The molecule has 0 aliphatic rings. The number of hydrogen-bond acceptors (Lipinski definition) is 7. The molecule has 3 heterocycles. The average molecular weight is 244 g/mol. The third-order valence-electron chi connectivity index (χ3n) is 2.32. The summed E-state index contributed by atoms with van der Waals surface area (Å²) in [5, 5.41) is 0. The minimum Gasteiger partial charge on any atom is -0.382 e. The van der Waals surface area contributed by atoms with Crippen molar-refractivity contribution < 1.29 is 0 Å². The summed E-state index contributed by atoms with van der Waals surface area (Å²) in [7, 11) is 0. The topological polar surface area (TPSA) is 152 Å². The van der Waals surface area contributed by atoms with Crippen LogP contribution in [0.4, 0.5) is 11.8 Å². The van der Waals surface area contributed by atoms with E-state index in [-0.39, 0.29) is 28.6 Å². The van der Waals surface area contributed by atoms with Gasteiger partial charge in [-0.2, -0.15) is 9.97 Å². The molecule has 18 heavy (non-hydrogen) atoms. The van der Waals surface area contributed by atoms with E-state index in [0.717, 1.165) is 0 Å². The fourth-order valence-corrected chi connectivity index (χ4v) is 1.57. The highest BCUT2D eigenvalue weighted by Gasteiger charge is 2.13. The number of nitrogen functional groups attached to an aromatic ring is 2. The number of hydrogen-bond donors (Lipinski definition) is 4. The van der Waals surface area contributed by atoms with E-state index >= 15 is 0 Å². The van der Waals surface area contributed by atoms with Gasteiger partial charge in [-0.15, -0.1) is 0 Å². The molecule has 0 aromatic carbocycles. The molecule has 0 amide bonds. The molecular weight excluding hydrogens is 236 g/mol. The first-order valence-corrected chi connectivity index (χ1v) is 4.98. The minimum absolute atomic E-state index is 0.0248. The standard InChI is InChI=1S/C9H8N8O/c10-5-3-7(17-9(11)15-5)16-8(18)4(14-3)6-12-1-2-13-6/h1-2H,(H,12,13)(H5,10,11,15,16,17,18). The van der Waals surface area contributed by atoms with Crippen LogP contribution >= 0.6 is 0 Å². The minimum atomic E-state index is -0.435. The van der Waals surface area contributed by atoms with E-state index in [1.807, 2.05) is 0 Å². The largest absolute Gasteiger partial charge is 0.382 e. The van der Waals surface area contributed by atoms with Gasteiger partial charge in [-0.3, -0.25) is 4.79 Å². The summed E-state index contributed by atoms with van der Waals surface area (Å²) < 4.78 is 0. The van der Waals surface area contributed by atoms with Gasteiger partial charge in [-0.25, -0.2) is 9.97 Å². The van der Waals surface area contributed by atoms with E-state index < -0.39 is 5.56 Å². The molecule has 0 aliphatic carbocycles. The molecule has 0 radical (unpaired) electrons. The highest BCUT2D eigenvalue weighted by atomic mass is 16.1. The summed E-state index contributed by atoms with van der Waals surface area (Å²) in [6.07, 6.45) is 3.10. The maximum Gasteiger partial charge on any atom is 0.279 e. The second kappa shape index (κ2) is 3.52. The van der Waals surface area contributed by atoms with Crippen LogP contribution in [-0.4, -0.2) is 29.9 Å². The molecule has 0 unspecified atom stereocenters. The van der Waals surface area contributed by atoms with Crippen molar-refractivity contribution in [2.45, 2.75) is 0 Å². The molecule has 0 bridgehead atoms. The van der Waals surface area contributed by atoms with Crippen LogP contribution in [0.1, 0.15) is 0 Å². The van der Waals surface area contributed by atoms with E-state index in [1.165, 1.54) is 6.20 Å². The number of H-pyrrole nitrogens is 2. The van der Waals surface area contributed by atoms with Crippen molar-refractivity contribution >= 4 is 22.9 Å². The Morgan fingerprint density at radius 1 is 1.17 bits per heavy atom. The molecule has 6 N–H and O–H groups in total. The van der Waals surface area contributed by atoms with Gasteiger partial charge in [0.2, 0.25) is 5.95 Å². The second-order valence-corrected chi connectivity index (χ2v) is 3.52. The number of nitrogens with two attached hydrogens (primary N) is 2. The third kappa shape index (κ3) is 1.45. The number of imidazole rings is 1. The molecule has 0 saturated heterocycles. The first kappa shape index (κ1) is 10.2. The van der Waals surface area contributed by atoms with Crippen molar-refractivity contribution in [1.29, 1.82) is 0 Å². The lowest BCUT2D eigenvalue weighted by Gasteiger charge is -2.02. The van der Waals surface area contributed by atoms with Crippen LogP contribution in [-0.2, 0) is 0 Å². The van der Waals surface area contributed by atoms with Gasteiger partial charge in [-0.1, -0.05) is 0 Å². The Balaban J connectivity index is 2.37.